The summed E-state index contributed by atoms with van der Waals surface area (Å²) < 4.78 is 19.5. The van der Waals surface area contributed by atoms with Crippen molar-refractivity contribution < 1.29 is 23.5 Å². The number of carbonyl (C=O) groups is 3. The van der Waals surface area contributed by atoms with Gasteiger partial charge in [-0.2, -0.15) is 0 Å². The number of carbonyl (C=O) groups excluding carboxylic acids is 3. The maximum absolute atomic E-state index is 14.7. The SMILES string of the molecule is COC(=O)C1(Nc2ccc(CN3C(=O)c4ccccc4C3=O)c(F)c2)CCC1. The van der Waals surface area contributed by atoms with Crippen LogP contribution in [-0.4, -0.2) is 35.3 Å². The van der Waals surface area contributed by atoms with Gasteiger partial charge < -0.3 is 10.1 Å². The van der Waals surface area contributed by atoms with Crippen LogP contribution >= 0.6 is 0 Å². The number of amides is 2. The van der Waals surface area contributed by atoms with Crippen LogP contribution in [0, 0.1) is 5.82 Å². The molecule has 0 radical (unpaired) electrons. The number of esters is 1. The molecular weight excluding hydrogens is 363 g/mol. The van der Waals surface area contributed by atoms with E-state index < -0.39 is 23.2 Å². The van der Waals surface area contributed by atoms with Crippen LogP contribution in [0.25, 0.3) is 0 Å². The summed E-state index contributed by atoms with van der Waals surface area (Å²) in [6.07, 6.45) is 2.14. The number of ether oxygens (including phenoxy) is 1. The first-order valence-corrected chi connectivity index (χ1v) is 9.05. The van der Waals surface area contributed by atoms with E-state index >= 15 is 0 Å². The van der Waals surface area contributed by atoms with Gasteiger partial charge in [0, 0.05) is 11.3 Å². The number of nitrogens with zero attached hydrogens (tertiary/aromatic N) is 1. The lowest BCUT2D eigenvalue weighted by atomic mass is 9.76. The van der Waals surface area contributed by atoms with E-state index in [4.69, 9.17) is 4.74 Å². The Morgan fingerprint density at radius 3 is 2.29 bits per heavy atom. The van der Waals surface area contributed by atoms with Gasteiger partial charge in [-0.15, -0.1) is 0 Å². The summed E-state index contributed by atoms with van der Waals surface area (Å²) >= 11 is 0. The van der Waals surface area contributed by atoms with Crippen molar-refractivity contribution in [3.8, 4) is 0 Å². The number of imide groups is 1. The van der Waals surface area contributed by atoms with Crippen molar-refractivity contribution in [2.24, 2.45) is 0 Å². The molecule has 6 nitrogen and oxygen atoms in total. The van der Waals surface area contributed by atoms with Gasteiger partial charge in [-0.25, -0.2) is 9.18 Å². The second-order valence-electron chi connectivity index (χ2n) is 7.10. The van der Waals surface area contributed by atoms with Crippen LogP contribution in [0.1, 0.15) is 45.5 Å². The first-order chi connectivity index (χ1) is 13.4. The molecule has 4 rings (SSSR count). The van der Waals surface area contributed by atoms with Gasteiger partial charge >= 0.3 is 5.97 Å². The van der Waals surface area contributed by atoms with Crippen LogP contribution in [0.15, 0.2) is 42.5 Å². The van der Waals surface area contributed by atoms with Crippen molar-refractivity contribution in [3.63, 3.8) is 0 Å². The Balaban J connectivity index is 1.53. The molecule has 2 aliphatic rings. The molecule has 1 aliphatic heterocycles. The van der Waals surface area contributed by atoms with Crippen molar-refractivity contribution in [2.45, 2.75) is 31.3 Å². The van der Waals surface area contributed by atoms with E-state index in [1.54, 1.807) is 30.3 Å². The van der Waals surface area contributed by atoms with Gasteiger partial charge in [-0.3, -0.25) is 14.5 Å². The molecular formula is C21H19FN2O4. The molecule has 0 saturated heterocycles. The number of hydrogen-bond donors (Lipinski definition) is 1. The Bertz CT molecular complexity index is 949. The van der Waals surface area contributed by atoms with Crippen LogP contribution in [0.5, 0.6) is 0 Å². The molecule has 1 aliphatic carbocycles. The lowest BCUT2D eigenvalue weighted by Crippen LogP contribution is -2.52. The van der Waals surface area contributed by atoms with Crippen LogP contribution in [0.2, 0.25) is 0 Å². The highest BCUT2D eigenvalue weighted by molar-refractivity contribution is 6.21. The number of benzene rings is 2. The number of hydrogen-bond acceptors (Lipinski definition) is 5. The molecule has 1 fully saturated rings. The van der Waals surface area contributed by atoms with Crippen molar-refractivity contribution >= 4 is 23.5 Å². The zero-order valence-corrected chi connectivity index (χ0v) is 15.3. The van der Waals surface area contributed by atoms with Gasteiger partial charge in [-0.1, -0.05) is 18.2 Å². The fraction of sp³-hybridized carbons (Fsp3) is 0.286. The smallest absolute Gasteiger partial charge is 0.331 e. The van der Waals surface area contributed by atoms with Gasteiger partial charge in [0.05, 0.1) is 24.8 Å². The van der Waals surface area contributed by atoms with Gasteiger partial charge in [-0.05, 0) is 43.5 Å². The molecule has 2 aromatic carbocycles. The highest BCUT2D eigenvalue weighted by Gasteiger charge is 2.45. The number of methoxy groups -OCH3 is 1. The molecule has 1 saturated carbocycles. The molecule has 2 aromatic rings. The molecule has 1 heterocycles. The Morgan fingerprint density at radius 2 is 1.79 bits per heavy atom. The lowest BCUT2D eigenvalue weighted by molar-refractivity contribution is -0.149. The highest BCUT2D eigenvalue weighted by Crippen LogP contribution is 2.37. The molecule has 144 valence electrons. The van der Waals surface area contributed by atoms with Gasteiger partial charge in [0.2, 0.25) is 0 Å². The lowest BCUT2D eigenvalue weighted by Gasteiger charge is -2.40. The Hall–Kier alpha value is -3.22. The minimum atomic E-state index is -0.814. The van der Waals surface area contributed by atoms with Crippen LogP contribution in [0.4, 0.5) is 10.1 Å². The molecule has 28 heavy (non-hydrogen) atoms. The minimum absolute atomic E-state index is 0.152. The first kappa shape index (κ1) is 18.2. The molecule has 0 atom stereocenters. The standard InChI is InChI=1S/C21H19FN2O4/c1-28-20(27)21(9-4-10-21)23-14-8-7-13(17(22)11-14)12-24-18(25)15-5-2-3-6-16(15)19(24)26/h2-3,5-8,11,23H,4,9-10,12H2,1H3. The highest BCUT2D eigenvalue weighted by atomic mass is 19.1. The van der Waals surface area contributed by atoms with Crippen LogP contribution in [0.3, 0.4) is 0 Å². The third-order valence-corrected chi connectivity index (χ3v) is 5.43. The van der Waals surface area contributed by atoms with E-state index in [0.29, 0.717) is 29.7 Å². The largest absolute Gasteiger partial charge is 0.467 e. The van der Waals surface area contributed by atoms with Crippen molar-refractivity contribution in [2.75, 3.05) is 12.4 Å². The van der Waals surface area contributed by atoms with Crippen molar-refractivity contribution in [1.29, 1.82) is 0 Å². The van der Waals surface area contributed by atoms with Crippen LogP contribution < -0.4 is 5.32 Å². The normalized spacial score (nSPS) is 17.1. The van der Waals surface area contributed by atoms with E-state index in [-0.39, 0.29) is 18.1 Å². The fourth-order valence-corrected chi connectivity index (χ4v) is 3.69. The molecule has 0 spiro atoms. The van der Waals surface area contributed by atoms with E-state index in [1.165, 1.54) is 19.2 Å². The zero-order valence-electron chi connectivity index (χ0n) is 15.3. The minimum Gasteiger partial charge on any atom is -0.467 e. The number of anilines is 1. The summed E-state index contributed by atoms with van der Waals surface area (Å²) in [5.74, 6) is -1.78. The fourth-order valence-electron chi connectivity index (χ4n) is 3.69. The van der Waals surface area contributed by atoms with Gasteiger partial charge in [0.15, 0.2) is 0 Å². The maximum atomic E-state index is 14.7. The zero-order chi connectivity index (χ0) is 19.9. The summed E-state index contributed by atoms with van der Waals surface area (Å²) in [5.41, 5.74) is 0.521. The van der Waals surface area contributed by atoms with E-state index in [1.807, 2.05) is 0 Å². The third-order valence-electron chi connectivity index (χ3n) is 5.43. The molecule has 0 aromatic heterocycles. The summed E-state index contributed by atoms with van der Waals surface area (Å²) in [6, 6.07) is 11.0. The second-order valence-corrected chi connectivity index (χ2v) is 7.10. The van der Waals surface area contributed by atoms with E-state index in [2.05, 4.69) is 5.32 Å². The van der Waals surface area contributed by atoms with Crippen LogP contribution in [-0.2, 0) is 16.1 Å². The number of rotatable bonds is 5. The predicted molar refractivity (Wildman–Crippen MR) is 99.3 cm³/mol. The topological polar surface area (TPSA) is 75.7 Å². The summed E-state index contributed by atoms with van der Waals surface area (Å²) in [7, 11) is 1.33. The summed E-state index contributed by atoms with van der Waals surface area (Å²) in [5, 5.41) is 3.07. The predicted octanol–water partition coefficient (Wildman–Crippen LogP) is 3.13. The Morgan fingerprint density at radius 1 is 1.14 bits per heavy atom. The molecule has 7 heteroatoms. The summed E-state index contributed by atoms with van der Waals surface area (Å²) in [4.78, 5) is 38.0. The van der Waals surface area contributed by atoms with Crippen molar-refractivity contribution in [3.05, 3.63) is 65.0 Å². The number of nitrogens with one attached hydrogen (secondary N) is 1. The first-order valence-electron chi connectivity index (χ1n) is 9.05. The average molecular weight is 382 g/mol. The molecule has 1 N–H and O–H groups in total. The Labute approximate surface area is 161 Å². The molecule has 0 unspecified atom stereocenters. The third kappa shape index (κ3) is 2.83. The summed E-state index contributed by atoms with van der Waals surface area (Å²) in [6.45, 7) is -0.152. The van der Waals surface area contributed by atoms with Gasteiger partial charge in [0.1, 0.15) is 11.4 Å². The quantitative estimate of drug-likeness (QED) is 0.635. The molecule has 0 bridgehead atoms. The maximum Gasteiger partial charge on any atom is 0.331 e. The van der Waals surface area contributed by atoms with E-state index in [9.17, 15) is 18.8 Å². The second kappa shape index (κ2) is 6.74. The van der Waals surface area contributed by atoms with E-state index in [0.717, 1.165) is 11.3 Å². The monoisotopic (exact) mass is 382 g/mol. The average Bonchev–Trinajstić information content (AvgIpc) is 2.91. The van der Waals surface area contributed by atoms with Crippen molar-refractivity contribution in [1.82, 2.24) is 4.90 Å². The molecule has 2 amide bonds. The Kier molecular flexibility index (Phi) is 4.37. The number of fused-ring (bicyclic) bond motifs is 1. The van der Waals surface area contributed by atoms with Gasteiger partial charge in [0.25, 0.3) is 11.8 Å². The number of halogens is 1.